The molecule has 2 aliphatic carbocycles. The SMILES string of the molecule is C[C@H](NC(=O)c1nn(C)c2c1CCN(CC1(S(=O)(=O)C3CC3)CC1)C2=O)c1ccc(C#N)cc1. The van der Waals surface area contributed by atoms with Crippen molar-refractivity contribution in [2.75, 3.05) is 13.1 Å². The summed E-state index contributed by atoms with van der Waals surface area (Å²) in [6, 6.07) is 8.74. The molecule has 2 fully saturated rings. The van der Waals surface area contributed by atoms with Gasteiger partial charge in [-0.1, -0.05) is 12.1 Å². The minimum atomic E-state index is -3.22. The maximum Gasteiger partial charge on any atom is 0.272 e. The Morgan fingerprint density at radius 1 is 1.29 bits per heavy atom. The van der Waals surface area contributed by atoms with Gasteiger partial charge >= 0.3 is 0 Å². The van der Waals surface area contributed by atoms with Crippen molar-refractivity contribution in [1.82, 2.24) is 20.0 Å². The Kier molecular flexibility index (Phi) is 5.28. The predicted octanol–water partition coefficient (Wildman–Crippen LogP) is 1.89. The summed E-state index contributed by atoms with van der Waals surface area (Å²) >= 11 is 0. The number of nitrogens with one attached hydrogen (secondary N) is 1. The molecule has 34 heavy (non-hydrogen) atoms. The lowest BCUT2D eigenvalue weighted by atomic mass is 10.0. The molecule has 0 spiro atoms. The largest absolute Gasteiger partial charge is 0.344 e. The minimum absolute atomic E-state index is 0.215. The number of hydrogen-bond donors (Lipinski definition) is 1. The topological polar surface area (TPSA) is 125 Å². The van der Waals surface area contributed by atoms with Gasteiger partial charge in [-0.05, 0) is 56.7 Å². The van der Waals surface area contributed by atoms with Crippen LogP contribution in [0.4, 0.5) is 0 Å². The van der Waals surface area contributed by atoms with Crippen molar-refractivity contribution in [3.8, 4) is 6.07 Å². The highest BCUT2D eigenvalue weighted by atomic mass is 32.2. The van der Waals surface area contributed by atoms with Crippen molar-refractivity contribution in [2.45, 2.75) is 55.1 Å². The minimum Gasteiger partial charge on any atom is -0.344 e. The first-order chi connectivity index (χ1) is 16.2. The molecule has 178 valence electrons. The van der Waals surface area contributed by atoms with Crippen LogP contribution in [0.3, 0.4) is 0 Å². The van der Waals surface area contributed by atoms with E-state index in [1.54, 1.807) is 36.2 Å². The third kappa shape index (κ3) is 3.68. The maximum atomic E-state index is 13.3. The van der Waals surface area contributed by atoms with Crippen LogP contribution in [-0.4, -0.2) is 58.0 Å². The van der Waals surface area contributed by atoms with E-state index in [-0.39, 0.29) is 35.3 Å². The Balaban J connectivity index is 1.32. The Labute approximate surface area is 198 Å². The van der Waals surface area contributed by atoms with Crippen LogP contribution in [0.1, 0.15) is 76.3 Å². The van der Waals surface area contributed by atoms with E-state index in [4.69, 9.17) is 5.26 Å². The Morgan fingerprint density at radius 3 is 2.56 bits per heavy atom. The first-order valence-corrected chi connectivity index (χ1v) is 13.1. The summed E-state index contributed by atoms with van der Waals surface area (Å²) < 4.78 is 26.4. The average molecular weight is 482 g/mol. The van der Waals surface area contributed by atoms with Crippen LogP contribution in [0.15, 0.2) is 24.3 Å². The number of fused-ring (bicyclic) bond motifs is 1. The summed E-state index contributed by atoms with van der Waals surface area (Å²) in [4.78, 5) is 28.0. The Morgan fingerprint density at radius 2 is 1.97 bits per heavy atom. The van der Waals surface area contributed by atoms with E-state index >= 15 is 0 Å². The van der Waals surface area contributed by atoms with Crippen LogP contribution in [-0.2, 0) is 23.3 Å². The van der Waals surface area contributed by atoms with Crippen molar-refractivity contribution >= 4 is 21.7 Å². The second kappa shape index (κ2) is 7.94. The number of benzene rings is 1. The summed E-state index contributed by atoms with van der Waals surface area (Å²) in [5.41, 5.74) is 2.57. The molecule has 0 unspecified atom stereocenters. The number of carbonyl (C=O) groups excluding carboxylic acids is 2. The molecule has 9 nitrogen and oxygen atoms in total. The summed E-state index contributed by atoms with van der Waals surface area (Å²) in [5.74, 6) is -0.641. The summed E-state index contributed by atoms with van der Waals surface area (Å²) in [6.45, 7) is 2.43. The molecular formula is C24H27N5O4S. The van der Waals surface area contributed by atoms with Gasteiger partial charge in [0.15, 0.2) is 15.5 Å². The number of nitrogens with zero attached hydrogens (tertiary/aromatic N) is 4. The normalized spacial score (nSPS) is 19.8. The van der Waals surface area contributed by atoms with E-state index in [0.717, 1.165) is 18.4 Å². The lowest BCUT2D eigenvalue weighted by Crippen LogP contribution is -2.46. The van der Waals surface area contributed by atoms with Gasteiger partial charge in [0.05, 0.1) is 27.7 Å². The van der Waals surface area contributed by atoms with Crippen LogP contribution in [0.25, 0.3) is 0 Å². The Hall–Kier alpha value is -3.19. The molecule has 2 aromatic rings. The van der Waals surface area contributed by atoms with Crippen molar-refractivity contribution in [3.05, 3.63) is 52.3 Å². The molecule has 0 saturated heterocycles. The molecule has 1 atom stereocenters. The number of hydrogen-bond acceptors (Lipinski definition) is 6. The number of carbonyl (C=O) groups is 2. The standard InChI is InChI=1S/C24H27N5O4S/c1-15(17-5-3-16(13-25)4-6-17)26-22(30)20-19-9-12-29(23(31)21(19)28(2)27-20)14-24(10-11-24)34(32,33)18-7-8-18/h3-6,15,18H,7-12,14H2,1-2H3,(H,26,30)/t15-/m0/s1. The van der Waals surface area contributed by atoms with Gasteiger partial charge in [-0.2, -0.15) is 10.4 Å². The second-order valence-corrected chi connectivity index (χ2v) is 12.3. The molecule has 1 aliphatic heterocycles. The predicted molar refractivity (Wildman–Crippen MR) is 124 cm³/mol. The first-order valence-electron chi connectivity index (χ1n) is 11.6. The van der Waals surface area contributed by atoms with Crippen molar-refractivity contribution < 1.29 is 18.0 Å². The highest BCUT2D eigenvalue weighted by Gasteiger charge is 2.60. The molecule has 3 aliphatic rings. The van der Waals surface area contributed by atoms with Crippen molar-refractivity contribution in [2.24, 2.45) is 7.05 Å². The molecule has 1 aromatic heterocycles. The lowest BCUT2D eigenvalue weighted by molar-refractivity contribution is 0.0724. The summed E-state index contributed by atoms with van der Waals surface area (Å²) in [7, 11) is -1.58. The van der Waals surface area contributed by atoms with Gasteiger partial charge in [-0.25, -0.2) is 8.42 Å². The van der Waals surface area contributed by atoms with Gasteiger partial charge in [0.1, 0.15) is 5.69 Å². The zero-order valence-corrected chi connectivity index (χ0v) is 20.1. The van der Waals surface area contributed by atoms with Gasteiger partial charge in [0.2, 0.25) is 0 Å². The highest BCUT2D eigenvalue weighted by Crippen LogP contribution is 2.50. The molecule has 1 N–H and O–H groups in total. The fourth-order valence-corrected chi connectivity index (χ4v) is 7.32. The van der Waals surface area contributed by atoms with E-state index in [9.17, 15) is 18.0 Å². The zero-order valence-electron chi connectivity index (χ0n) is 19.2. The van der Waals surface area contributed by atoms with Gasteiger partial charge in [-0.15, -0.1) is 0 Å². The molecule has 0 bridgehead atoms. The van der Waals surface area contributed by atoms with Gasteiger partial charge in [0, 0.05) is 25.7 Å². The fraction of sp³-hybridized carbons (Fsp3) is 0.500. The van der Waals surface area contributed by atoms with Gasteiger partial charge in [0.25, 0.3) is 11.8 Å². The molecule has 5 rings (SSSR count). The molecule has 10 heteroatoms. The monoisotopic (exact) mass is 481 g/mol. The zero-order chi connectivity index (χ0) is 24.3. The van der Waals surface area contributed by atoms with E-state index in [2.05, 4.69) is 16.5 Å². The van der Waals surface area contributed by atoms with E-state index in [1.165, 1.54) is 4.68 Å². The van der Waals surface area contributed by atoms with Crippen LogP contribution in [0.5, 0.6) is 0 Å². The van der Waals surface area contributed by atoms with Gasteiger partial charge in [-0.3, -0.25) is 14.3 Å². The van der Waals surface area contributed by atoms with Crippen LogP contribution >= 0.6 is 0 Å². The van der Waals surface area contributed by atoms with Crippen LogP contribution in [0.2, 0.25) is 0 Å². The van der Waals surface area contributed by atoms with Gasteiger partial charge < -0.3 is 10.2 Å². The number of sulfone groups is 1. The van der Waals surface area contributed by atoms with Crippen LogP contribution < -0.4 is 5.32 Å². The van der Waals surface area contributed by atoms with Crippen molar-refractivity contribution in [1.29, 1.82) is 5.26 Å². The third-order valence-electron chi connectivity index (χ3n) is 7.22. The highest BCUT2D eigenvalue weighted by molar-refractivity contribution is 7.94. The van der Waals surface area contributed by atoms with E-state index in [0.29, 0.717) is 42.6 Å². The quantitative estimate of drug-likeness (QED) is 0.644. The second-order valence-electron chi connectivity index (χ2n) is 9.63. The first kappa shape index (κ1) is 22.6. The number of rotatable bonds is 7. The number of aromatic nitrogens is 2. The van der Waals surface area contributed by atoms with Crippen molar-refractivity contribution in [3.63, 3.8) is 0 Å². The fourth-order valence-electron chi connectivity index (χ4n) is 4.85. The molecule has 1 aromatic carbocycles. The lowest BCUT2D eigenvalue weighted by Gasteiger charge is -2.31. The maximum absolute atomic E-state index is 13.3. The Bertz CT molecular complexity index is 1310. The molecule has 2 heterocycles. The smallest absolute Gasteiger partial charge is 0.272 e. The molecule has 2 amide bonds. The van der Waals surface area contributed by atoms with E-state index < -0.39 is 14.6 Å². The number of aryl methyl sites for hydroxylation is 1. The number of amides is 2. The summed E-state index contributed by atoms with van der Waals surface area (Å²) in [6.07, 6.45) is 3.11. The third-order valence-corrected chi connectivity index (χ3v) is 10.3. The number of nitriles is 1. The van der Waals surface area contributed by atoms with E-state index in [1.807, 2.05) is 6.92 Å². The van der Waals surface area contributed by atoms with Crippen LogP contribution in [0, 0.1) is 11.3 Å². The summed E-state index contributed by atoms with van der Waals surface area (Å²) in [5, 5.41) is 16.0. The molecule has 0 radical (unpaired) electrons. The molecule has 2 saturated carbocycles. The molecular weight excluding hydrogens is 454 g/mol. The average Bonchev–Trinajstić information content (AvgIpc) is 3.74.